The molecular formula is C27H42N12O5S. The highest BCUT2D eigenvalue weighted by molar-refractivity contribution is 7.20. The number of fused-ring (bicyclic) bond motifs is 1. The number of nitrogens with two attached hydrogens (primary N) is 6. The maximum atomic E-state index is 13.4. The Bertz CT molecular complexity index is 1370. The van der Waals surface area contributed by atoms with Crippen LogP contribution in [0.25, 0.3) is 10.2 Å². The van der Waals surface area contributed by atoms with Crippen molar-refractivity contribution in [2.45, 2.75) is 69.6 Å². The number of benzene rings is 1. The molecule has 0 bridgehead atoms. The minimum Gasteiger partial charge on any atom is -0.370 e. The lowest BCUT2D eigenvalue weighted by Crippen LogP contribution is -2.56. The van der Waals surface area contributed by atoms with Crippen LogP contribution in [0.2, 0.25) is 0 Å². The summed E-state index contributed by atoms with van der Waals surface area (Å²) in [5.74, 6) is -3.35. The van der Waals surface area contributed by atoms with Crippen LogP contribution >= 0.6 is 11.3 Å². The molecule has 17 nitrogen and oxygen atoms in total. The summed E-state index contributed by atoms with van der Waals surface area (Å²) in [7, 11) is 0. The third-order valence-electron chi connectivity index (χ3n) is 6.45. The molecule has 1 aromatic carbocycles. The van der Waals surface area contributed by atoms with Crippen molar-refractivity contribution in [2.24, 2.45) is 44.4 Å². The average molecular weight is 647 g/mol. The van der Waals surface area contributed by atoms with E-state index in [2.05, 4.69) is 30.9 Å². The lowest BCUT2D eigenvalue weighted by atomic mass is 10.1. The molecule has 0 aliphatic heterocycles. The standard InChI is InChI=1S/C27H42N12O5S/c1-14(36-24(44)18(10-11-20(29)40)38-23(43)15(28)6-4-12-34-26(30)31)22(42)37-17(8-5-13-35-27(32)33)21(41)25-39-16-7-2-3-9-19(16)45-25/h2-3,7,9,14-15,17-18H,4-6,8,10-13,28H2,1H3,(H2,29,40)(H,36,44)(H,37,42)(H,38,43)(H4,30,31,34)(H4,32,33,35)/t14-,15+,17-,18-/m0/s1. The number of ketones is 1. The number of guanidine groups is 2. The largest absolute Gasteiger partial charge is 0.370 e. The van der Waals surface area contributed by atoms with Crippen LogP contribution in [-0.4, -0.2) is 83.6 Å². The van der Waals surface area contributed by atoms with Crippen LogP contribution in [0.5, 0.6) is 0 Å². The van der Waals surface area contributed by atoms with E-state index in [-0.39, 0.29) is 55.7 Å². The summed E-state index contributed by atoms with van der Waals surface area (Å²) in [6.45, 7) is 1.90. The molecule has 0 aliphatic carbocycles. The van der Waals surface area contributed by atoms with Gasteiger partial charge in [0.05, 0.1) is 22.3 Å². The Balaban J connectivity index is 2.10. The molecule has 18 heteroatoms. The van der Waals surface area contributed by atoms with Gasteiger partial charge in [0.15, 0.2) is 16.9 Å². The predicted octanol–water partition coefficient (Wildman–Crippen LogP) is -2.35. The Kier molecular flexibility index (Phi) is 14.6. The summed E-state index contributed by atoms with van der Waals surface area (Å²) in [5.41, 5.74) is 33.2. The molecule has 2 rings (SSSR count). The van der Waals surface area contributed by atoms with Crippen molar-refractivity contribution in [1.29, 1.82) is 0 Å². The fourth-order valence-corrected chi connectivity index (χ4v) is 5.02. The normalized spacial score (nSPS) is 13.5. The zero-order valence-corrected chi connectivity index (χ0v) is 25.8. The molecule has 1 heterocycles. The van der Waals surface area contributed by atoms with Crippen molar-refractivity contribution in [2.75, 3.05) is 13.1 Å². The van der Waals surface area contributed by atoms with Gasteiger partial charge in [-0.05, 0) is 51.2 Å². The number of thiazole rings is 1. The average Bonchev–Trinajstić information content (AvgIpc) is 3.42. The highest BCUT2D eigenvalue weighted by Gasteiger charge is 2.30. The van der Waals surface area contributed by atoms with Crippen molar-refractivity contribution in [3.05, 3.63) is 29.3 Å². The molecule has 2 aromatic rings. The Hall–Kier alpha value is -4.84. The van der Waals surface area contributed by atoms with Crippen molar-refractivity contribution in [1.82, 2.24) is 20.9 Å². The second-order valence-corrected chi connectivity index (χ2v) is 11.2. The monoisotopic (exact) mass is 646 g/mol. The van der Waals surface area contributed by atoms with Gasteiger partial charge in [0.1, 0.15) is 12.1 Å². The first kappa shape index (κ1) is 36.4. The van der Waals surface area contributed by atoms with Crippen molar-refractivity contribution in [3.8, 4) is 0 Å². The molecule has 4 amide bonds. The summed E-state index contributed by atoms with van der Waals surface area (Å²) in [6, 6.07) is 2.91. The number of rotatable bonds is 19. The summed E-state index contributed by atoms with van der Waals surface area (Å²) in [6.07, 6.45) is 0.839. The van der Waals surface area contributed by atoms with Crippen LogP contribution in [0.15, 0.2) is 34.3 Å². The third kappa shape index (κ3) is 12.7. The minimum atomic E-state index is -1.22. The van der Waals surface area contributed by atoms with Gasteiger partial charge in [-0.3, -0.25) is 34.0 Å². The first-order chi connectivity index (χ1) is 21.3. The fraction of sp³-hybridized carbons (Fsp3) is 0.481. The van der Waals surface area contributed by atoms with Crippen molar-refractivity contribution >= 4 is 62.9 Å². The number of aromatic nitrogens is 1. The third-order valence-corrected chi connectivity index (χ3v) is 7.50. The van der Waals surface area contributed by atoms with Crippen LogP contribution in [0.1, 0.15) is 55.3 Å². The van der Waals surface area contributed by atoms with Crippen LogP contribution in [-0.2, 0) is 19.2 Å². The van der Waals surface area contributed by atoms with E-state index in [0.29, 0.717) is 18.4 Å². The lowest BCUT2D eigenvalue weighted by Gasteiger charge is -2.24. The molecule has 0 unspecified atom stereocenters. The van der Waals surface area contributed by atoms with E-state index in [1.165, 1.54) is 18.3 Å². The van der Waals surface area contributed by atoms with E-state index in [0.717, 1.165) is 4.70 Å². The van der Waals surface area contributed by atoms with Crippen LogP contribution < -0.4 is 50.4 Å². The van der Waals surface area contributed by atoms with Gasteiger partial charge in [-0.2, -0.15) is 0 Å². The Morgan fingerprint density at radius 3 is 2.00 bits per heavy atom. The molecule has 0 fully saturated rings. The SMILES string of the molecule is C[C@H](NC(=O)[C@H](CCC(N)=O)NC(=O)[C@H](N)CCCN=C(N)N)C(=O)N[C@@H](CCCN=C(N)N)C(=O)c1nc2ccccc2s1. The second kappa shape index (κ2) is 18.1. The van der Waals surface area contributed by atoms with E-state index in [1.807, 2.05) is 12.1 Å². The molecule has 0 aliphatic rings. The number of hydrogen-bond donors (Lipinski definition) is 9. The Morgan fingerprint density at radius 1 is 0.800 bits per heavy atom. The highest BCUT2D eigenvalue weighted by atomic mass is 32.1. The number of carbonyl (C=O) groups is 5. The van der Waals surface area contributed by atoms with Gasteiger partial charge in [0, 0.05) is 19.5 Å². The predicted molar refractivity (Wildman–Crippen MR) is 172 cm³/mol. The molecule has 0 spiro atoms. The van der Waals surface area contributed by atoms with Gasteiger partial charge in [-0.15, -0.1) is 11.3 Å². The van der Waals surface area contributed by atoms with Gasteiger partial charge in [0.25, 0.3) is 0 Å². The number of amides is 4. The fourth-order valence-electron chi connectivity index (χ4n) is 4.06. The number of Topliss-reactive ketones (excluding diaryl/α,β-unsaturated/α-hetero) is 1. The Morgan fingerprint density at radius 2 is 1.40 bits per heavy atom. The summed E-state index contributed by atoms with van der Waals surface area (Å²) in [5, 5.41) is 7.92. The number of nitrogens with zero attached hydrogens (tertiary/aromatic N) is 3. The summed E-state index contributed by atoms with van der Waals surface area (Å²) >= 11 is 1.20. The number of hydrogen-bond acceptors (Lipinski definition) is 10. The number of primary amides is 1. The van der Waals surface area contributed by atoms with Crippen LogP contribution in [0.3, 0.4) is 0 Å². The van der Waals surface area contributed by atoms with E-state index < -0.39 is 53.6 Å². The molecule has 246 valence electrons. The summed E-state index contributed by atoms with van der Waals surface area (Å²) in [4.78, 5) is 75.9. The molecular weight excluding hydrogens is 604 g/mol. The lowest BCUT2D eigenvalue weighted by molar-refractivity contribution is -0.132. The highest BCUT2D eigenvalue weighted by Crippen LogP contribution is 2.23. The molecule has 15 N–H and O–H groups in total. The van der Waals surface area contributed by atoms with Gasteiger partial charge >= 0.3 is 0 Å². The molecule has 0 radical (unpaired) electrons. The van der Waals surface area contributed by atoms with E-state index in [4.69, 9.17) is 34.4 Å². The zero-order chi connectivity index (χ0) is 33.5. The molecule has 1 aromatic heterocycles. The van der Waals surface area contributed by atoms with E-state index in [1.54, 1.807) is 12.1 Å². The quantitative estimate of drug-likeness (QED) is 0.0337. The Labute approximate surface area is 264 Å². The molecule has 0 saturated carbocycles. The smallest absolute Gasteiger partial charge is 0.243 e. The van der Waals surface area contributed by atoms with Gasteiger partial charge < -0.3 is 50.4 Å². The molecule has 4 atom stereocenters. The second-order valence-electron chi connectivity index (χ2n) is 10.2. The number of para-hydroxylation sites is 1. The number of aliphatic imine (C=N–C) groups is 2. The van der Waals surface area contributed by atoms with E-state index >= 15 is 0 Å². The van der Waals surface area contributed by atoms with Crippen LogP contribution in [0.4, 0.5) is 0 Å². The molecule has 45 heavy (non-hydrogen) atoms. The van der Waals surface area contributed by atoms with Gasteiger partial charge in [0.2, 0.25) is 29.4 Å². The topological polar surface area (TPSA) is 315 Å². The first-order valence-corrected chi connectivity index (χ1v) is 15.1. The first-order valence-electron chi connectivity index (χ1n) is 14.2. The number of nitrogens with one attached hydrogen (secondary N) is 3. The van der Waals surface area contributed by atoms with Gasteiger partial charge in [-0.25, -0.2) is 4.98 Å². The van der Waals surface area contributed by atoms with E-state index in [9.17, 15) is 24.0 Å². The van der Waals surface area contributed by atoms with Crippen LogP contribution in [0, 0.1) is 0 Å². The minimum absolute atomic E-state index is 0.0900. The number of carbonyl (C=O) groups excluding carboxylic acids is 5. The molecule has 0 saturated heterocycles. The summed E-state index contributed by atoms with van der Waals surface area (Å²) < 4.78 is 0.810. The van der Waals surface area contributed by atoms with Gasteiger partial charge in [-0.1, -0.05) is 12.1 Å². The maximum absolute atomic E-state index is 13.4. The van der Waals surface area contributed by atoms with Crippen molar-refractivity contribution < 1.29 is 24.0 Å². The maximum Gasteiger partial charge on any atom is 0.243 e. The zero-order valence-electron chi connectivity index (χ0n) is 25.0. The van der Waals surface area contributed by atoms with Crippen molar-refractivity contribution in [3.63, 3.8) is 0 Å².